The van der Waals surface area contributed by atoms with Crippen LogP contribution in [0.1, 0.15) is 51.9 Å². The molecule has 3 heterocycles. The van der Waals surface area contributed by atoms with E-state index in [9.17, 15) is 4.79 Å². The van der Waals surface area contributed by atoms with E-state index in [1.54, 1.807) is 0 Å². The van der Waals surface area contributed by atoms with Crippen molar-refractivity contribution < 1.29 is 24.2 Å². The first-order chi connectivity index (χ1) is 12.2. The first-order valence-electron chi connectivity index (χ1n) is 9.55. The molecule has 0 radical (unpaired) electrons. The molecule has 3 fully saturated rings. The second-order valence-corrected chi connectivity index (χ2v) is 7.16. The van der Waals surface area contributed by atoms with Crippen molar-refractivity contribution >= 4 is 12.2 Å². The van der Waals surface area contributed by atoms with Crippen LogP contribution in [0.25, 0.3) is 0 Å². The fourth-order valence-electron chi connectivity index (χ4n) is 3.93. The summed E-state index contributed by atoms with van der Waals surface area (Å²) in [5, 5.41) is 12.8. The third kappa shape index (κ3) is 4.61. The third-order valence-electron chi connectivity index (χ3n) is 5.30. The molecule has 3 aliphatic rings. The Bertz CT molecular complexity index is 506. The smallest absolute Gasteiger partial charge is 0.303 e. The van der Waals surface area contributed by atoms with Gasteiger partial charge in [0.2, 0.25) is 0 Å². The molecule has 0 aliphatic carbocycles. The van der Waals surface area contributed by atoms with Gasteiger partial charge in [0, 0.05) is 24.5 Å². The summed E-state index contributed by atoms with van der Waals surface area (Å²) in [6.07, 6.45) is 12.9. The summed E-state index contributed by atoms with van der Waals surface area (Å²) in [5.74, 6) is -0.127. The van der Waals surface area contributed by atoms with Crippen molar-refractivity contribution in [1.29, 1.82) is 0 Å². The van der Waals surface area contributed by atoms with Crippen molar-refractivity contribution in [1.82, 2.24) is 0 Å². The Morgan fingerprint density at radius 1 is 1.12 bits per heavy atom. The molecule has 6 atom stereocenters. The van der Waals surface area contributed by atoms with E-state index in [1.807, 2.05) is 6.21 Å². The molecule has 1 N–H and O–H groups in total. The van der Waals surface area contributed by atoms with Crippen LogP contribution < -0.4 is 0 Å². The fraction of sp³-hybridized carbons (Fsp3) is 0.789. The monoisotopic (exact) mass is 351 g/mol. The predicted molar refractivity (Wildman–Crippen MR) is 93.5 cm³/mol. The van der Waals surface area contributed by atoms with Gasteiger partial charge in [-0.15, -0.1) is 0 Å². The maximum Gasteiger partial charge on any atom is 0.303 e. The lowest BCUT2D eigenvalue weighted by Gasteiger charge is -2.21. The Balaban J connectivity index is 1.44. The van der Waals surface area contributed by atoms with Gasteiger partial charge in [-0.25, -0.2) is 0 Å². The number of hydrogen-bond acceptors (Lipinski definition) is 5. The van der Waals surface area contributed by atoms with Crippen LogP contribution >= 0.6 is 0 Å². The van der Waals surface area contributed by atoms with Crippen molar-refractivity contribution in [3.8, 4) is 0 Å². The second-order valence-electron chi connectivity index (χ2n) is 7.16. The second kappa shape index (κ2) is 8.81. The zero-order chi connectivity index (χ0) is 17.6. The van der Waals surface area contributed by atoms with Crippen molar-refractivity contribution in [3.63, 3.8) is 0 Å². The lowest BCUT2D eigenvalue weighted by Crippen LogP contribution is -2.33. The topological polar surface area (TPSA) is 80.7 Å². The fourth-order valence-corrected chi connectivity index (χ4v) is 3.93. The standard InChI is InChI=1S/C19H29NO5/c1-2-3-8-11-23-20-12-14-13(9-6-4-5-7-10-15(21)22)16-18-19(25-18)17(14)24-16/h4,6,12-14,16-19H,2-3,5,7-11H2,1H3,(H,21,22)/b6-4-,20-12?/t13-,14+,16+,17-,18-,19+/m0/s1. The maximum absolute atomic E-state index is 10.5. The number of allylic oxidation sites excluding steroid dienone is 2. The minimum Gasteiger partial charge on any atom is -0.481 e. The number of ether oxygens (including phenoxy) is 2. The van der Waals surface area contributed by atoms with Gasteiger partial charge in [0.25, 0.3) is 0 Å². The summed E-state index contributed by atoms with van der Waals surface area (Å²) in [6.45, 7) is 2.84. The largest absolute Gasteiger partial charge is 0.481 e. The van der Waals surface area contributed by atoms with Crippen molar-refractivity contribution in [2.75, 3.05) is 6.61 Å². The summed E-state index contributed by atoms with van der Waals surface area (Å²) in [6, 6.07) is 0. The van der Waals surface area contributed by atoms with E-state index in [0.717, 1.165) is 19.3 Å². The molecule has 0 aromatic rings. The quantitative estimate of drug-likeness (QED) is 0.192. The number of oxime groups is 1. The SMILES string of the molecule is CCCCCON=C[C@@H]1[C@H](C/C=C\CCCC(=O)O)[C@H]2O[C@@H]1[C@H]1O[C@H]12. The highest BCUT2D eigenvalue weighted by atomic mass is 16.7. The molecule has 0 amide bonds. The predicted octanol–water partition coefficient (Wildman–Crippen LogP) is 3.16. The van der Waals surface area contributed by atoms with Crippen LogP contribution in [0.2, 0.25) is 0 Å². The van der Waals surface area contributed by atoms with Gasteiger partial charge in [0.1, 0.15) is 18.8 Å². The summed E-state index contributed by atoms with van der Waals surface area (Å²) in [7, 11) is 0. The number of carboxylic acid groups (broad SMARTS) is 1. The Labute approximate surface area is 149 Å². The van der Waals surface area contributed by atoms with Crippen LogP contribution in [0.4, 0.5) is 0 Å². The molecule has 25 heavy (non-hydrogen) atoms. The average Bonchev–Trinajstić information content (AvgIpc) is 3.22. The molecule has 3 rings (SSSR count). The summed E-state index contributed by atoms with van der Waals surface area (Å²) < 4.78 is 11.8. The van der Waals surface area contributed by atoms with E-state index in [2.05, 4.69) is 24.2 Å². The van der Waals surface area contributed by atoms with Crippen LogP contribution in [0.5, 0.6) is 0 Å². The average molecular weight is 351 g/mol. The minimum absolute atomic E-state index is 0.114. The van der Waals surface area contributed by atoms with Crippen molar-refractivity contribution in [2.45, 2.75) is 76.3 Å². The Kier molecular flexibility index (Phi) is 6.48. The van der Waals surface area contributed by atoms with Gasteiger partial charge in [-0.1, -0.05) is 37.1 Å². The maximum atomic E-state index is 10.5. The zero-order valence-electron chi connectivity index (χ0n) is 14.9. The van der Waals surface area contributed by atoms with Crippen LogP contribution in [0, 0.1) is 11.8 Å². The number of carboxylic acids is 1. The van der Waals surface area contributed by atoms with Crippen LogP contribution in [0.15, 0.2) is 17.3 Å². The zero-order valence-corrected chi connectivity index (χ0v) is 14.9. The highest BCUT2D eigenvalue weighted by Crippen LogP contribution is 2.54. The summed E-state index contributed by atoms with van der Waals surface area (Å²) in [5.41, 5.74) is 0. The van der Waals surface area contributed by atoms with E-state index in [-0.39, 0.29) is 36.8 Å². The number of fused-ring (bicyclic) bond motifs is 5. The van der Waals surface area contributed by atoms with E-state index in [4.69, 9.17) is 19.4 Å². The van der Waals surface area contributed by atoms with Gasteiger partial charge >= 0.3 is 5.97 Å². The number of aliphatic carboxylic acids is 1. The molecule has 3 aliphatic heterocycles. The van der Waals surface area contributed by atoms with E-state index < -0.39 is 5.97 Å². The molecule has 6 heteroatoms. The van der Waals surface area contributed by atoms with Crippen LogP contribution in [-0.4, -0.2) is 48.3 Å². The normalized spacial score (nSPS) is 35.6. The number of epoxide rings is 1. The minimum atomic E-state index is -0.734. The molecular formula is C19H29NO5. The summed E-state index contributed by atoms with van der Waals surface area (Å²) >= 11 is 0. The summed E-state index contributed by atoms with van der Waals surface area (Å²) in [4.78, 5) is 15.9. The molecule has 140 valence electrons. The van der Waals surface area contributed by atoms with Crippen LogP contribution in [0.3, 0.4) is 0 Å². The highest BCUT2D eigenvalue weighted by Gasteiger charge is 2.68. The van der Waals surface area contributed by atoms with Crippen LogP contribution in [-0.2, 0) is 19.1 Å². The van der Waals surface area contributed by atoms with E-state index >= 15 is 0 Å². The third-order valence-corrected chi connectivity index (χ3v) is 5.30. The Morgan fingerprint density at radius 2 is 1.92 bits per heavy atom. The van der Waals surface area contributed by atoms with Gasteiger partial charge in [-0.2, -0.15) is 0 Å². The molecule has 3 saturated heterocycles. The number of rotatable bonds is 12. The van der Waals surface area contributed by atoms with E-state index in [0.29, 0.717) is 18.9 Å². The van der Waals surface area contributed by atoms with Gasteiger partial charge < -0.3 is 19.4 Å². The molecule has 0 aromatic heterocycles. The van der Waals surface area contributed by atoms with Gasteiger partial charge in [-0.05, 0) is 25.7 Å². The highest BCUT2D eigenvalue weighted by molar-refractivity contribution is 5.66. The molecule has 0 spiro atoms. The van der Waals surface area contributed by atoms with Gasteiger partial charge in [-0.3, -0.25) is 4.79 Å². The van der Waals surface area contributed by atoms with Crippen molar-refractivity contribution in [2.24, 2.45) is 17.0 Å². The Hall–Kier alpha value is -1.40. The molecule has 2 bridgehead atoms. The number of nitrogens with zero attached hydrogens (tertiary/aromatic N) is 1. The lowest BCUT2D eigenvalue weighted by molar-refractivity contribution is -0.137. The van der Waals surface area contributed by atoms with Crippen molar-refractivity contribution in [3.05, 3.63) is 12.2 Å². The van der Waals surface area contributed by atoms with Gasteiger partial charge in [0.15, 0.2) is 0 Å². The molecule has 0 aromatic carbocycles. The number of carbonyl (C=O) groups is 1. The van der Waals surface area contributed by atoms with Gasteiger partial charge in [0.05, 0.1) is 12.2 Å². The number of hydrogen-bond donors (Lipinski definition) is 1. The first kappa shape index (κ1) is 18.4. The molecule has 6 nitrogen and oxygen atoms in total. The molecule has 0 unspecified atom stereocenters. The first-order valence-corrected chi connectivity index (χ1v) is 9.55. The Morgan fingerprint density at radius 3 is 2.72 bits per heavy atom. The number of unbranched alkanes of at least 4 members (excludes halogenated alkanes) is 3. The van der Waals surface area contributed by atoms with E-state index in [1.165, 1.54) is 12.8 Å². The lowest BCUT2D eigenvalue weighted by atomic mass is 9.78. The molecular weight excluding hydrogens is 322 g/mol. The molecule has 0 saturated carbocycles.